The van der Waals surface area contributed by atoms with Gasteiger partial charge in [0.05, 0.1) is 6.10 Å². The molecule has 1 rings (SSSR count). The van der Waals surface area contributed by atoms with E-state index in [9.17, 15) is 13.5 Å². The summed E-state index contributed by atoms with van der Waals surface area (Å²) < 4.78 is 27.9. The molecule has 0 amide bonds. The molecule has 1 fully saturated rings. The van der Waals surface area contributed by atoms with E-state index in [4.69, 9.17) is 0 Å². The van der Waals surface area contributed by atoms with Gasteiger partial charge >= 0.3 is 0 Å². The van der Waals surface area contributed by atoms with E-state index in [0.29, 0.717) is 19.4 Å². The third-order valence-corrected chi connectivity index (χ3v) is 3.78. The Morgan fingerprint density at radius 2 is 2.00 bits per heavy atom. The van der Waals surface area contributed by atoms with Crippen LogP contribution in [-0.2, 0) is 10.2 Å². The Balaban J connectivity index is 2.44. The lowest BCUT2D eigenvalue weighted by molar-refractivity contribution is 0.101. The zero-order valence-corrected chi connectivity index (χ0v) is 9.89. The van der Waals surface area contributed by atoms with Gasteiger partial charge in [-0.05, 0) is 19.3 Å². The molecule has 0 bridgehead atoms. The SMILES string of the molecule is CCCNS(=O)(=O)N[C@H]1CCCC[C@@H]1O. The Hall–Kier alpha value is -0.170. The number of aliphatic hydroxyl groups excluding tert-OH is 1. The van der Waals surface area contributed by atoms with Crippen LogP contribution >= 0.6 is 0 Å². The Morgan fingerprint density at radius 3 is 2.60 bits per heavy atom. The van der Waals surface area contributed by atoms with Gasteiger partial charge in [0.15, 0.2) is 0 Å². The van der Waals surface area contributed by atoms with Crippen LogP contribution in [0.25, 0.3) is 0 Å². The van der Waals surface area contributed by atoms with Crippen LogP contribution in [0.1, 0.15) is 39.0 Å². The summed E-state index contributed by atoms with van der Waals surface area (Å²) in [6.07, 6.45) is 3.56. The molecule has 0 unspecified atom stereocenters. The van der Waals surface area contributed by atoms with E-state index in [-0.39, 0.29) is 6.04 Å². The van der Waals surface area contributed by atoms with Crippen molar-refractivity contribution in [2.75, 3.05) is 6.54 Å². The van der Waals surface area contributed by atoms with Crippen LogP contribution in [0.3, 0.4) is 0 Å². The van der Waals surface area contributed by atoms with Crippen molar-refractivity contribution in [3.8, 4) is 0 Å². The molecule has 6 heteroatoms. The van der Waals surface area contributed by atoms with E-state index in [1.807, 2.05) is 6.92 Å². The fourth-order valence-corrected chi connectivity index (χ4v) is 2.96. The molecule has 2 atom stereocenters. The zero-order chi connectivity index (χ0) is 11.3. The highest BCUT2D eigenvalue weighted by molar-refractivity contribution is 7.87. The maximum atomic E-state index is 11.5. The number of hydrogen-bond acceptors (Lipinski definition) is 3. The highest BCUT2D eigenvalue weighted by atomic mass is 32.2. The first-order valence-corrected chi connectivity index (χ1v) is 6.98. The molecule has 15 heavy (non-hydrogen) atoms. The average Bonchev–Trinajstić information content (AvgIpc) is 2.18. The van der Waals surface area contributed by atoms with Crippen LogP contribution < -0.4 is 9.44 Å². The lowest BCUT2D eigenvalue weighted by Gasteiger charge is -2.28. The van der Waals surface area contributed by atoms with E-state index in [0.717, 1.165) is 19.3 Å². The molecule has 0 aromatic carbocycles. The fraction of sp³-hybridized carbons (Fsp3) is 1.00. The van der Waals surface area contributed by atoms with Crippen molar-refractivity contribution in [2.45, 2.75) is 51.2 Å². The van der Waals surface area contributed by atoms with Crippen LogP contribution in [0, 0.1) is 0 Å². The monoisotopic (exact) mass is 236 g/mol. The van der Waals surface area contributed by atoms with Gasteiger partial charge in [-0.2, -0.15) is 13.1 Å². The molecular formula is C9H20N2O3S. The summed E-state index contributed by atoms with van der Waals surface area (Å²) in [5.74, 6) is 0. The van der Waals surface area contributed by atoms with Gasteiger partial charge in [-0.3, -0.25) is 0 Å². The Bertz CT molecular complexity index is 279. The van der Waals surface area contributed by atoms with Gasteiger partial charge in [-0.25, -0.2) is 4.72 Å². The van der Waals surface area contributed by atoms with Crippen LogP contribution in [0.5, 0.6) is 0 Å². The standard InChI is InChI=1S/C9H20N2O3S/c1-2-7-10-15(13,14)11-8-5-3-4-6-9(8)12/h8-12H,2-7H2,1H3/t8-,9-/m0/s1. The Morgan fingerprint density at radius 1 is 1.33 bits per heavy atom. The topological polar surface area (TPSA) is 78.4 Å². The van der Waals surface area contributed by atoms with E-state index >= 15 is 0 Å². The summed E-state index contributed by atoms with van der Waals surface area (Å²) in [5, 5.41) is 9.60. The summed E-state index contributed by atoms with van der Waals surface area (Å²) in [6, 6.07) is -0.326. The van der Waals surface area contributed by atoms with Crippen LogP contribution in [0.2, 0.25) is 0 Å². The minimum Gasteiger partial charge on any atom is -0.391 e. The summed E-state index contributed by atoms with van der Waals surface area (Å²) >= 11 is 0. The van der Waals surface area contributed by atoms with Gasteiger partial charge in [-0.1, -0.05) is 19.8 Å². The van der Waals surface area contributed by atoms with Crippen LogP contribution in [-0.4, -0.2) is 32.2 Å². The van der Waals surface area contributed by atoms with Gasteiger partial charge in [-0.15, -0.1) is 0 Å². The first-order valence-electron chi connectivity index (χ1n) is 5.50. The largest absolute Gasteiger partial charge is 0.391 e. The molecular weight excluding hydrogens is 216 g/mol. The maximum absolute atomic E-state index is 11.5. The van der Waals surface area contributed by atoms with Gasteiger partial charge in [0, 0.05) is 12.6 Å². The fourth-order valence-electron chi connectivity index (χ4n) is 1.73. The predicted molar refractivity (Wildman–Crippen MR) is 58.6 cm³/mol. The quantitative estimate of drug-likeness (QED) is 0.634. The molecule has 90 valence electrons. The lowest BCUT2D eigenvalue weighted by Crippen LogP contribution is -2.49. The van der Waals surface area contributed by atoms with E-state index < -0.39 is 16.3 Å². The summed E-state index contributed by atoms with van der Waals surface area (Å²) in [5.41, 5.74) is 0. The number of hydrogen-bond donors (Lipinski definition) is 3. The molecule has 0 aromatic heterocycles. The summed E-state index contributed by atoms with van der Waals surface area (Å²) in [6.45, 7) is 2.33. The predicted octanol–water partition coefficient (Wildman–Crippen LogP) is 0.124. The number of rotatable bonds is 5. The molecule has 5 nitrogen and oxygen atoms in total. The average molecular weight is 236 g/mol. The zero-order valence-electron chi connectivity index (χ0n) is 9.07. The van der Waals surface area contributed by atoms with E-state index in [2.05, 4.69) is 9.44 Å². The summed E-state index contributed by atoms with van der Waals surface area (Å²) in [4.78, 5) is 0. The van der Waals surface area contributed by atoms with Crippen molar-refractivity contribution < 1.29 is 13.5 Å². The second kappa shape index (κ2) is 5.79. The molecule has 3 N–H and O–H groups in total. The molecule has 1 saturated carbocycles. The summed E-state index contributed by atoms with van der Waals surface area (Å²) in [7, 11) is -3.44. The van der Waals surface area contributed by atoms with Gasteiger partial charge in [0.25, 0.3) is 10.2 Å². The van der Waals surface area contributed by atoms with E-state index in [1.165, 1.54) is 0 Å². The molecule has 1 aliphatic carbocycles. The minimum absolute atomic E-state index is 0.326. The molecule has 0 radical (unpaired) electrons. The lowest BCUT2D eigenvalue weighted by atomic mass is 9.93. The van der Waals surface area contributed by atoms with Crippen LogP contribution in [0.15, 0.2) is 0 Å². The number of aliphatic hydroxyl groups is 1. The van der Waals surface area contributed by atoms with Crippen molar-refractivity contribution >= 4 is 10.2 Å². The third-order valence-electron chi connectivity index (χ3n) is 2.58. The molecule has 0 spiro atoms. The first-order chi connectivity index (χ1) is 7.05. The maximum Gasteiger partial charge on any atom is 0.277 e. The van der Waals surface area contributed by atoms with Crippen molar-refractivity contribution in [1.29, 1.82) is 0 Å². The third kappa shape index (κ3) is 4.46. The second-order valence-corrected chi connectivity index (χ2v) is 5.51. The van der Waals surface area contributed by atoms with E-state index in [1.54, 1.807) is 0 Å². The molecule has 0 aliphatic heterocycles. The Kier molecular flexibility index (Phi) is 4.98. The van der Waals surface area contributed by atoms with Crippen molar-refractivity contribution in [2.24, 2.45) is 0 Å². The normalized spacial score (nSPS) is 27.9. The van der Waals surface area contributed by atoms with Crippen molar-refractivity contribution in [3.05, 3.63) is 0 Å². The van der Waals surface area contributed by atoms with Gasteiger partial charge in [0.2, 0.25) is 0 Å². The van der Waals surface area contributed by atoms with Gasteiger partial charge in [0.1, 0.15) is 0 Å². The minimum atomic E-state index is -3.44. The second-order valence-electron chi connectivity index (χ2n) is 3.97. The smallest absolute Gasteiger partial charge is 0.277 e. The first kappa shape index (κ1) is 12.9. The van der Waals surface area contributed by atoms with Gasteiger partial charge < -0.3 is 5.11 Å². The Labute approximate surface area is 91.4 Å². The molecule has 0 saturated heterocycles. The highest BCUT2D eigenvalue weighted by Crippen LogP contribution is 2.18. The molecule has 0 aromatic rings. The van der Waals surface area contributed by atoms with Crippen LogP contribution in [0.4, 0.5) is 0 Å². The number of nitrogens with one attached hydrogen (secondary N) is 2. The highest BCUT2D eigenvalue weighted by Gasteiger charge is 2.26. The molecule has 1 aliphatic rings. The van der Waals surface area contributed by atoms with Crippen molar-refractivity contribution in [1.82, 2.24) is 9.44 Å². The van der Waals surface area contributed by atoms with Crippen molar-refractivity contribution in [3.63, 3.8) is 0 Å². The molecule has 0 heterocycles.